The number of hydrogen-bond acceptors (Lipinski definition) is 3. The first-order valence-corrected chi connectivity index (χ1v) is 6.94. The van der Waals surface area contributed by atoms with Gasteiger partial charge < -0.3 is 10.6 Å². The molecule has 2 rings (SSSR count). The highest BCUT2D eigenvalue weighted by Gasteiger charge is 2.27. The molecule has 0 bridgehead atoms. The molecule has 0 unspecified atom stereocenters. The monoisotopic (exact) mass is 337 g/mol. The van der Waals surface area contributed by atoms with Crippen molar-refractivity contribution >= 4 is 23.2 Å². The van der Waals surface area contributed by atoms with Gasteiger partial charge in [0.1, 0.15) is 0 Å². The Bertz CT molecular complexity index is 760. The molecular formula is C16H14F3N3O2. The number of pyridine rings is 1. The van der Waals surface area contributed by atoms with Gasteiger partial charge in [-0.1, -0.05) is 12.1 Å². The molecule has 0 aliphatic carbocycles. The number of halogens is 3. The van der Waals surface area contributed by atoms with Crippen LogP contribution in [0, 0.1) is 6.92 Å². The Hall–Kier alpha value is -2.90. The van der Waals surface area contributed by atoms with Crippen molar-refractivity contribution in [3.8, 4) is 0 Å². The molecule has 0 atom stereocenters. The highest BCUT2D eigenvalue weighted by molar-refractivity contribution is 6.43. The first-order valence-electron chi connectivity index (χ1n) is 6.94. The zero-order valence-electron chi connectivity index (χ0n) is 12.6. The average molecular weight is 337 g/mol. The molecule has 24 heavy (non-hydrogen) atoms. The zero-order valence-corrected chi connectivity index (χ0v) is 12.6. The summed E-state index contributed by atoms with van der Waals surface area (Å²) in [6.07, 6.45) is -3.92. The molecular weight excluding hydrogens is 323 g/mol. The molecule has 1 heterocycles. The van der Waals surface area contributed by atoms with Crippen molar-refractivity contribution in [2.45, 2.75) is 19.5 Å². The van der Waals surface area contributed by atoms with E-state index in [1.165, 1.54) is 30.5 Å². The zero-order chi connectivity index (χ0) is 17.7. The summed E-state index contributed by atoms with van der Waals surface area (Å²) in [6.45, 7) is 1.66. The van der Waals surface area contributed by atoms with E-state index in [4.69, 9.17) is 0 Å². The molecule has 0 saturated carbocycles. The minimum Gasteiger partial charge on any atom is -0.318 e. The highest BCUT2D eigenvalue weighted by atomic mass is 19.4. The Morgan fingerprint density at radius 2 is 1.79 bits per heavy atom. The minimum atomic E-state index is -4.35. The molecule has 0 saturated heterocycles. The van der Waals surface area contributed by atoms with Crippen molar-refractivity contribution < 1.29 is 22.8 Å². The van der Waals surface area contributed by atoms with E-state index in [0.717, 1.165) is 0 Å². The maximum Gasteiger partial charge on any atom is 0.393 e. The van der Waals surface area contributed by atoms with Crippen LogP contribution in [0.25, 0.3) is 0 Å². The van der Waals surface area contributed by atoms with Crippen molar-refractivity contribution in [1.82, 2.24) is 4.98 Å². The van der Waals surface area contributed by atoms with Crippen LogP contribution in [-0.2, 0) is 16.0 Å². The summed E-state index contributed by atoms with van der Waals surface area (Å²) in [7, 11) is 0. The molecule has 0 spiro atoms. The Labute approximate surface area is 135 Å². The first kappa shape index (κ1) is 17.5. The lowest BCUT2D eigenvalue weighted by Crippen LogP contribution is -2.29. The van der Waals surface area contributed by atoms with Crippen LogP contribution < -0.4 is 10.6 Å². The number of nitrogens with one attached hydrogen (secondary N) is 2. The SMILES string of the molecule is Cc1ncccc1NC(=O)C(=O)Nc1cccc(CC(F)(F)F)c1. The van der Waals surface area contributed by atoms with Gasteiger partial charge >= 0.3 is 18.0 Å². The fraction of sp³-hybridized carbons (Fsp3) is 0.188. The lowest BCUT2D eigenvalue weighted by atomic mass is 10.1. The molecule has 0 aliphatic rings. The van der Waals surface area contributed by atoms with E-state index in [1.54, 1.807) is 19.1 Å². The molecule has 2 amide bonds. The molecule has 8 heteroatoms. The number of alkyl halides is 3. The number of carbonyl (C=O) groups is 2. The Balaban J connectivity index is 2.03. The van der Waals surface area contributed by atoms with Crippen LogP contribution in [0.3, 0.4) is 0 Å². The van der Waals surface area contributed by atoms with Gasteiger partial charge in [-0.15, -0.1) is 0 Å². The van der Waals surface area contributed by atoms with Crippen LogP contribution >= 0.6 is 0 Å². The topological polar surface area (TPSA) is 71.1 Å². The number of anilines is 2. The second-order valence-electron chi connectivity index (χ2n) is 5.04. The third kappa shape index (κ3) is 5.08. The number of carbonyl (C=O) groups excluding carboxylic acids is 2. The largest absolute Gasteiger partial charge is 0.393 e. The summed E-state index contributed by atoms with van der Waals surface area (Å²) in [6, 6.07) is 8.43. The fourth-order valence-electron chi connectivity index (χ4n) is 1.97. The number of benzene rings is 1. The minimum absolute atomic E-state index is 0.0104. The Kier molecular flexibility index (Phi) is 5.18. The van der Waals surface area contributed by atoms with E-state index in [0.29, 0.717) is 11.4 Å². The molecule has 126 valence electrons. The van der Waals surface area contributed by atoms with Crippen LogP contribution in [0.5, 0.6) is 0 Å². The van der Waals surface area contributed by atoms with Gasteiger partial charge in [-0.3, -0.25) is 14.6 Å². The lowest BCUT2D eigenvalue weighted by Gasteiger charge is -2.10. The van der Waals surface area contributed by atoms with E-state index in [-0.39, 0.29) is 11.3 Å². The number of nitrogens with zero attached hydrogens (tertiary/aromatic N) is 1. The molecule has 0 fully saturated rings. The third-order valence-corrected chi connectivity index (χ3v) is 3.05. The summed E-state index contributed by atoms with van der Waals surface area (Å²) in [5, 5.41) is 4.66. The van der Waals surface area contributed by atoms with Gasteiger partial charge in [-0.2, -0.15) is 13.2 Å². The first-order chi connectivity index (χ1) is 11.2. The molecule has 2 aromatic rings. The number of rotatable bonds is 3. The molecule has 1 aromatic carbocycles. The lowest BCUT2D eigenvalue weighted by molar-refractivity contribution is -0.133. The van der Waals surface area contributed by atoms with Crippen LogP contribution in [0.4, 0.5) is 24.5 Å². The second-order valence-corrected chi connectivity index (χ2v) is 5.04. The van der Waals surface area contributed by atoms with Gasteiger partial charge in [-0.05, 0) is 36.8 Å². The summed E-state index contributed by atoms with van der Waals surface area (Å²) in [4.78, 5) is 27.7. The summed E-state index contributed by atoms with van der Waals surface area (Å²) < 4.78 is 37.2. The van der Waals surface area contributed by atoms with Crippen molar-refractivity contribution in [3.05, 3.63) is 53.9 Å². The highest BCUT2D eigenvalue weighted by Crippen LogP contribution is 2.22. The number of aromatic nitrogens is 1. The molecule has 2 N–H and O–H groups in total. The normalized spacial score (nSPS) is 11.0. The standard InChI is InChI=1S/C16H14F3N3O2/c1-10-13(6-3-7-20-10)22-15(24)14(23)21-12-5-2-4-11(8-12)9-16(17,18)19/h2-8H,9H2,1H3,(H,21,23)(H,22,24). The van der Waals surface area contributed by atoms with E-state index in [2.05, 4.69) is 15.6 Å². The second kappa shape index (κ2) is 7.12. The van der Waals surface area contributed by atoms with Crippen LogP contribution in [0.15, 0.2) is 42.6 Å². The quantitative estimate of drug-likeness (QED) is 0.846. The third-order valence-electron chi connectivity index (χ3n) is 3.05. The molecule has 1 aromatic heterocycles. The van der Waals surface area contributed by atoms with Crippen LogP contribution in [0.2, 0.25) is 0 Å². The Morgan fingerprint density at radius 1 is 1.08 bits per heavy atom. The van der Waals surface area contributed by atoms with Crippen molar-refractivity contribution in [2.24, 2.45) is 0 Å². The van der Waals surface area contributed by atoms with E-state index in [1.807, 2.05) is 0 Å². The van der Waals surface area contributed by atoms with Gasteiger partial charge in [-0.25, -0.2) is 0 Å². The fourth-order valence-corrected chi connectivity index (χ4v) is 1.97. The summed E-state index contributed by atoms with van der Waals surface area (Å²) >= 11 is 0. The van der Waals surface area contributed by atoms with Crippen molar-refractivity contribution in [2.75, 3.05) is 10.6 Å². The van der Waals surface area contributed by atoms with Crippen molar-refractivity contribution in [1.29, 1.82) is 0 Å². The predicted octanol–water partition coefficient (Wildman–Crippen LogP) is 3.07. The van der Waals surface area contributed by atoms with Gasteiger partial charge in [0.2, 0.25) is 0 Å². The van der Waals surface area contributed by atoms with Gasteiger partial charge in [0.25, 0.3) is 0 Å². The number of amides is 2. The predicted molar refractivity (Wildman–Crippen MR) is 82.4 cm³/mol. The van der Waals surface area contributed by atoms with E-state index >= 15 is 0 Å². The average Bonchev–Trinajstić information content (AvgIpc) is 2.48. The summed E-state index contributed by atoms with van der Waals surface area (Å²) in [5.74, 6) is -1.92. The maximum absolute atomic E-state index is 12.4. The Morgan fingerprint density at radius 3 is 2.46 bits per heavy atom. The number of hydrogen-bond donors (Lipinski definition) is 2. The van der Waals surface area contributed by atoms with E-state index in [9.17, 15) is 22.8 Å². The van der Waals surface area contributed by atoms with Crippen LogP contribution in [0.1, 0.15) is 11.3 Å². The molecule has 0 radical (unpaired) electrons. The van der Waals surface area contributed by atoms with Crippen LogP contribution in [-0.4, -0.2) is 23.0 Å². The van der Waals surface area contributed by atoms with Crippen molar-refractivity contribution in [3.63, 3.8) is 0 Å². The molecule has 0 aliphatic heterocycles. The van der Waals surface area contributed by atoms with Gasteiger partial charge in [0, 0.05) is 11.9 Å². The van der Waals surface area contributed by atoms with E-state index < -0.39 is 24.4 Å². The number of aryl methyl sites for hydroxylation is 1. The van der Waals surface area contributed by atoms with Gasteiger partial charge in [0.15, 0.2) is 0 Å². The molecule has 5 nitrogen and oxygen atoms in total. The summed E-state index contributed by atoms with van der Waals surface area (Å²) in [5.41, 5.74) is 1.01. The van der Waals surface area contributed by atoms with Gasteiger partial charge in [0.05, 0.1) is 17.8 Å². The maximum atomic E-state index is 12.4. The smallest absolute Gasteiger partial charge is 0.318 e.